The van der Waals surface area contributed by atoms with Gasteiger partial charge in [0.15, 0.2) is 0 Å². The first-order chi connectivity index (χ1) is 13.7. The molecule has 0 saturated carbocycles. The molecule has 4 aromatic rings. The molecule has 0 N–H and O–H groups in total. The van der Waals surface area contributed by atoms with Crippen LogP contribution in [0.5, 0.6) is 11.5 Å². The minimum Gasteiger partial charge on any atom is -0.497 e. The van der Waals surface area contributed by atoms with Crippen molar-refractivity contribution < 1.29 is 9.47 Å². The maximum absolute atomic E-state index is 12.2. The predicted octanol–water partition coefficient (Wildman–Crippen LogP) is 3.55. The summed E-state index contributed by atoms with van der Waals surface area (Å²) in [6.07, 6.45) is 7.01. The third kappa shape index (κ3) is 3.71. The van der Waals surface area contributed by atoms with Crippen LogP contribution in [-0.2, 0) is 6.54 Å². The molecule has 0 radical (unpaired) electrons. The molecule has 28 heavy (non-hydrogen) atoms. The Morgan fingerprint density at radius 3 is 2.64 bits per heavy atom. The normalized spacial score (nSPS) is 10.8. The van der Waals surface area contributed by atoms with Gasteiger partial charge in [0.05, 0.1) is 19.2 Å². The highest BCUT2D eigenvalue weighted by Crippen LogP contribution is 2.27. The molecule has 0 aliphatic heterocycles. The van der Waals surface area contributed by atoms with Gasteiger partial charge < -0.3 is 14.0 Å². The number of methoxy groups -OCH3 is 1. The quantitative estimate of drug-likeness (QED) is 0.517. The lowest BCUT2D eigenvalue weighted by Gasteiger charge is -2.12. The molecular formula is C22H19N3O3. The summed E-state index contributed by atoms with van der Waals surface area (Å²) >= 11 is 0. The van der Waals surface area contributed by atoms with Crippen LogP contribution in [0.4, 0.5) is 0 Å². The number of benzene rings is 1. The Morgan fingerprint density at radius 2 is 1.82 bits per heavy atom. The molecule has 0 unspecified atom stereocenters. The Bertz CT molecular complexity index is 1160. The summed E-state index contributed by atoms with van der Waals surface area (Å²) in [5.74, 6) is 1.47. The standard InChI is InChI=1S/C22H19N3O3/c1-27-18-3-4-19-20(14-18)24-11-8-21(19)28-13-12-25-15-17(2-5-22(25)26)16-6-9-23-10-7-16/h2-11,14-15H,12-13H2,1H3. The summed E-state index contributed by atoms with van der Waals surface area (Å²) in [6.45, 7) is 0.808. The fourth-order valence-corrected chi connectivity index (χ4v) is 3.03. The maximum Gasteiger partial charge on any atom is 0.250 e. The molecule has 0 saturated heterocycles. The molecule has 3 heterocycles. The van der Waals surface area contributed by atoms with Crippen molar-refractivity contribution in [2.75, 3.05) is 13.7 Å². The van der Waals surface area contributed by atoms with Crippen LogP contribution in [0.15, 0.2) is 78.1 Å². The van der Waals surface area contributed by atoms with Gasteiger partial charge in [-0.1, -0.05) is 0 Å². The van der Waals surface area contributed by atoms with Gasteiger partial charge in [0.25, 0.3) is 5.56 Å². The fourth-order valence-electron chi connectivity index (χ4n) is 3.03. The van der Waals surface area contributed by atoms with Gasteiger partial charge in [-0.3, -0.25) is 14.8 Å². The van der Waals surface area contributed by atoms with E-state index in [1.165, 1.54) is 0 Å². The fraction of sp³-hybridized carbons (Fsp3) is 0.136. The second kappa shape index (κ2) is 7.92. The van der Waals surface area contributed by atoms with E-state index in [0.717, 1.165) is 33.5 Å². The SMILES string of the molecule is COc1ccc2c(OCCn3cc(-c4ccncc4)ccc3=O)ccnc2c1. The molecule has 0 aliphatic rings. The van der Waals surface area contributed by atoms with Crippen LogP contribution in [0, 0.1) is 0 Å². The molecule has 6 heteroatoms. The number of nitrogens with zero attached hydrogens (tertiary/aromatic N) is 3. The van der Waals surface area contributed by atoms with E-state index in [-0.39, 0.29) is 5.56 Å². The number of rotatable bonds is 6. The van der Waals surface area contributed by atoms with E-state index in [9.17, 15) is 4.79 Å². The summed E-state index contributed by atoms with van der Waals surface area (Å²) in [7, 11) is 1.62. The molecule has 0 atom stereocenters. The second-order valence-corrected chi connectivity index (χ2v) is 6.23. The average molecular weight is 373 g/mol. The summed E-state index contributed by atoms with van der Waals surface area (Å²) < 4.78 is 12.8. The minimum absolute atomic E-state index is 0.0641. The van der Waals surface area contributed by atoms with Gasteiger partial charge in [-0.05, 0) is 47.5 Å². The van der Waals surface area contributed by atoms with E-state index in [0.29, 0.717) is 13.2 Å². The molecule has 0 spiro atoms. The molecule has 1 aromatic carbocycles. The van der Waals surface area contributed by atoms with Crippen molar-refractivity contribution in [2.24, 2.45) is 0 Å². The van der Waals surface area contributed by atoms with Gasteiger partial charge in [0.2, 0.25) is 0 Å². The molecule has 0 aliphatic carbocycles. The van der Waals surface area contributed by atoms with Crippen LogP contribution >= 0.6 is 0 Å². The van der Waals surface area contributed by atoms with Crippen LogP contribution in [-0.4, -0.2) is 28.3 Å². The van der Waals surface area contributed by atoms with E-state index in [1.807, 2.05) is 48.7 Å². The van der Waals surface area contributed by atoms with Gasteiger partial charge in [-0.15, -0.1) is 0 Å². The van der Waals surface area contributed by atoms with E-state index >= 15 is 0 Å². The summed E-state index contributed by atoms with van der Waals surface area (Å²) in [5.41, 5.74) is 2.71. The number of pyridine rings is 3. The van der Waals surface area contributed by atoms with Crippen molar-refractivity contribution in [3.8, 4) is 22.6 Å². The van der Waals surface area contributed by atoms with E-state index < -0.39 is 0 Å². The monoisotopic (exact) mass is 373 g/mol. The zero-order chi connectivity index (χ0) is 19.3. The molecule has 0 bridgehead atoms. The van der Waals surface area contributed by atoms with Gasteiger partial charge in [0, 0.05) is 42.3 Å². The molecule has 140 valence electrons. The third-order valence-electron chi connectivity index (χ3n) is 4.50. The van der Waals surface area contributed by atoms with Gasteiger partial charge in [-0.25, -0.2) is 0 Å². The first-order valence-electron chi connectivity index (χ1n) is 8.91. The highest BCUT2D eigenvalue weighted by molar-refractivity contribution is 5.85. The number of fused-ring (bicyclic) bond motifs is 1. The Kier molecular flexibility index (Phi) is 5.01. The number of hydrogen-bond donors (Lipinski definition) is 0. The van der Waals surface area contributed by atoms with Crippen molar-refractivity contribution in [1.82, 2.24) is 14.5 Å². The lowest BCUT2D eigenvalue weighted by Crippen LogP contribution is -2.21. The van der Waals surface area contributed by atoms with Gasteiger partial charge in [-0.2, -0.15) is 0 Å². The molecular weight excluding hydrogens is 354 g/mol. The molecule has 4 rings (SSSR count). The lowest BCUT2D eigenvalue weighted by atomic mass is 10.1. The Morgan fingerprint density at radius 1 is 0.964 bits per heavy atom. The van der Waals surface area contributed by atoms with Crippen molar-refractivity contribution >= 4 is 10.9 Å². The molecule has 6 nitrogen and oxygen atoms in total. The number of hydrogen-bond acceptors (Lipinski definition) is 5. The summed E-state index contributed by atoms with van der Waals surface area (Å²) in [5, 5.41) is 0.904. The van der Waals surface area contributed by atoms with E-state index in [4.69, 9.17) is 9.47 Å². The highest BCUT2D eigenvalue weighted by Gasteiger charge is 2.06. The summed E-state index contributed by atoms with van der Waals surface area (Å²) in [4.78, 5) is 20.6. The van der Waals surface area contributed by atoms with Crippen LogP contribution in [0.1, 0.15) is 0 Å². The van der Waals surface area contributed by atoms with Crippen molar-refractivity contribution in [3.63, 3.8) is 0 Å². The zero-order valence-electron chi connectivity index (χ0n) is 15.4. The third-order valence-corrected chi connectivity index (χ3v) is 4.50. The first-order valence-corrected chi connectivity index (χ1v) is 8.91. The molecule has 0 fully saturated rings. The Balaban J connectivity index is 1.51. The van der Waals surface area contributed by atoms with Crippen LogP contribution in [0.2, 0.25) is 0 Å². The Hall–Kier alpha value is -3.67. The Labute approximate surface area is 162 Å². The lowest BCUT2D eigenvalue weighted by molar-refractivity contribution is 0.299. The van der Waals surface area contributed by atoms with E-state index in [1.54, 1.807) is 36.3 Å². The van der Waals surface area contributed by atoms with Crippen LogP contribution in [0.3, 0.4) is 0 Å². The zero-order valence-corrected chi connectivity index (χ0v) is 15.4. The van der Waals surface area contributed by atoms with Crippen molar-refractivity contribution in [1.29, 1.82) is 0 Å². The highest BCUT2D eigenvalue weighted by atomic mass is 16.5. The average Bonchev–Trinajstić information content (AvgIpc) is 2.75. The maximum atomic E-state index is 12.2. The van der Waals surface area contributed by atoms with Crippen molar-refractivity contribution in [2.45, 2.75) is 6.54 Å². The second-order valence-electron chi connectivity index (χ2n) is 6.23. The van der Waals surface area contributed by atoms with Crippen molar-refractivity contribution in [3.05, 3.63) is 83.7 Å². The minimum atomic E-state index is -0.0641. The first kappa shape index (κ1) is 17.7. The van der Waals surface area contributed by atoms with E-state index in [2.05, 4.69) is 9.97 Å². The largest absolute Gasteiger partial charge is 0.497 e. The predicted molar refractivity (Wildman–Crippen MR) is 108 cm³/mol. The smallest absolute Gasteiger partial charge is 0.250 e. The van der Waals surface area contributed by atoms with Crippen LogP contribution in [0.25, 0.3) is 22.0 Å². The molecule has 3 aromatic heterocycles. The molecule has 0 amide bonds. The number of ether oxygens (including phenoxy) is 2. The van der Waals surface area contributed by atoms with Crippen LogP contribution < -0.4 is 15.0 Å². The summed E-state index contributed by atoms with van der Waals surface area (Å²) in [6, 6.07) is 14.7. The van der Waals surface area contributed by atoms with Gasteiger partial charge >= 0.3 is 0 Å². The van der Waals surface area contributed by atoms with Gasteiger partial charge in [0.1, 0.15) is 18.1 Å². The number of aromatic nitrogens is 3. The topological polar surface area (TPSA) is 66.2 Å².